The lowest BCUT2D eigenvalue weighted by Gasteiger charge is -2.19. The van der Waals surface area contributed by atoms with Crippen LogP contribution in [0.25, 0.3) is 0 Å². The molecule has 0 fully saturated rings. The van der Waals surface area contributed by atoms with Gasteiger partial charge >= 0.3 is 0 Å². The lowest BCUT2D eigenvalue weighted by atomic mass is 9.87. The van der Waals surface area contributed by atoms with Gasteiger partial charge in [0.15, 0.2) is 0 Å². The summed E-state index contributed by atoms with van der Waals surface area (Å²) in [6, 6.07) is 0. The van der Waals surface area contributed by atoms with Gasteiger partial charge in [-0.1, -0.05) is 64.8 Å². The van der Waals surface area contributed by atoms with Crippen molar-refractivity contribution in [1.82, 2.24) is 0 Å². The van der Waals surface area contributed by atoms with E-state index in [2.05, 4.69) is 67.5 Å². The number of rotatable bonds is 5. The predicted octanol–water partition coefficient (Wildman–Crippen LogP) is 4.92. The van der Waals surface area contributed by atoms with Crippen LogP contribution in [0.5, 0.6) is 0 Å². The maximum absolute atomic E-state index is 5.14. The van der Waals surface area contributed by atoms with E-state index in [0.29, 0.717) is 13.2 Å². The molecule has 0 unspecified atom stereocenters. The summed E-state index contributed by atoms with van der Waals surface area (Å²) in [6.07, 6.45) is 4.14. The highest BCUT2D eigenvalue weighted by Crippen LogP contribution is 2.24. The van der Waals surface area contributed by atoms with Gasteiger partial charge in [0.05, 0.1) is 0 Å². The van der Waals surface area contributed by atoms with Crippen LogP contribution in [-0.4, -0.2) is 13.2 Å². The van der Waals surface area contributed by atoms with E-state index in [1.54, 1.807) is 0 Å². The molecule has 0 aromatic rings. The second-order valence-corrected chi connectivity index (χ2v) is 6.84. The van der Waals surface area contributed by atoms with Crippen LogP contribution in [0.4, 0.5) is 0 Å². The molecule has 0 aliphatic heterocycles. The summed E-state index contributed by atoms with van der Waals surface area (Å²) in [7, 11) is 0. The molecule has 0 rings (SSSR count). The molecule has 0 atom stereocenters. The molecule has 0 saturated carbocycles. The van der Waals surface area contributed by atoms with Gasteiger partial charge in [-0.2, -0.15) is 0 Å². The van der Waals surface area contributed by atoms with Crippen molar-refractivity contribution in [1.29, 1.82) is 0 Å². The molecule has 0 amide bonds. The molecule has 2 heteroatoms. The minimum Gasteiger partial charge on any atom is -0.232 e. The first-order valence-electron chi connectivity index (χ1n) is 6.64. The van der Waals surface area contributed by atoms with Gasteiger partial charge in [0.2, 0.25) is 0 Å². The molecular weight excluding hydrogens is 224 g/mol. The quantitative estimate of drug-likeness (QED) is 0.300. The van der Waals surface area contributed by atoms with Crippen LogP contribution in [0.1, 0.15) is 55.4 Å². The summed E-state index contributed by atoms with van der Waals surface area (Å²) in [4.78, 5) is 10.3. The molecular formula is C16H30O2. The molecule has 0 aromatic heterocycles. The first-order valence-corrected chi connectivity index (χ1v) is 6.64. The minimum absolute atomic E-state index is 0.200. The lowest BCUT2D eigenvalue weighted by Crippen LogP contribution is -2.08. The number of hydrogen-bond acceptors (Lipinski definition) is 2. The molecule has 0 N–H and O–H groups in total. The molecule has 0 saturated heterocycles. The number of allylic oxidation sites excluding steroid dienone is 2. The van der Waals surface area contributed by atoms with E-state index in [4.69, 9.17) is 9.78 Å². The molecule has 0 radical (unpaired) electrons. The zero-order valence-electron chi connectivity index (χ0n) is 13.4. The fourth-order valence-electron chi connectivity index (χ4n) is 1.03. The Bertz CT molecular complexity index is 266. The van der Waals surface area contributed by atoms with Gasteiger partial charge in [0.25, 0.3) is 0 Å². The van der Waals surface area contributed by atoms with Crippen molar-refractivity contribution in [3.63, 3.8) is 0 Å². The molecule has 106 valence electrons. The summed E-state index contributed by atoms with van der Waals surface area (Å²) < 4.78 is 0. The average Bonchev–Trinajstić information content (AvgIpc) is 2.19. The van der Waals surface area contributed by atoms with Crippen molar-refractivity contribution in [3.8, 4) is 0 Å². The van der Waals surface area contributed by atoms with E-state index >= 15 is 0 Å². The summed E-state index contributed by atoms with van der Waals surface area (Å²) >= 11 is 0. The van der Waals surface area contributed by atoms with E-state index in [1.807, 2.05) is 0 Å². The van der Waals surface area contributed by atoms with Gasteiger partial charge in [-0.05, 0) is 24.7 Å². The van der Waals surface area contributed by atoms with Crippen molar-refractivity contribution >= 4 is 0 Å². The molecule has 2 nitrogen and oxygen atoms in total. The third kappa shape index (κ3) is 7.67. The van der Waals surface area contributed by atoms with E-state index in [-0.39, 0.29) is 10.8 Å². The molecule has 0 aliphatic rings. The maximum atomic E-state index is 5.14. The highest BCUT2D eigenvalue weighted by Gasteiger charge is 2.12. The van der Waals surface area contributed by atoms with Crippen LogP contribution in [0.2, 0.25) is 0 Å². The van der Waals surface area contributed by atoms with E-state index in [9.17, 15) is 0 Å². The van der Waals surface area contributed by atoms with Crippen LogP contribution in [0, 0.1) is 10.8 Å². The number of hydrogen-bond donors (Lipinski definition) is 0. The van der Waals surface area contributed by atoms with Gasteiger partial charge in [0, 0.05) is 0 Å². The normalized spacial score (nSPS) is 15.1. The van der Waals surface area contributed by atoms with Gasteiger partial charge in [0.1, 0.15) is 13.2 Å². The summed E-state index contributed by atoms with van der Waals surface area (Å²) in [6.45, 7) is 18.4. The Labute approximate surface area is 113 Å². The van der Waals surface area contributed by atoms with Crippen molar-refractivity contribution in [2.24, 2.45) is 10.8 Å². The molecule has 0 aromatic carbocycles. The largest absolute Gasteiger partial charge is 0.232 e. The summed E-state index contributed by atoms with van der Waals surface area (Å²) in [5.41, 5.74) is 3.03. The third-order valence-corrected chi connectivity index (χ3v) is 3.36. The lowest BCUT2D eigenvalue weighted by molar-refractivity contribution is -0.277. The van der Waals surface area contributed by atoms with Gasteiger partial charge < -0.3 is 0 Å². The van der Waals surface area contributed by atoms with Crippen LogP contribution in [0.3, 0.4) is 0 Å². The second kappa shape index (κ2) is 7.10. The van der Waals surface area contributed by atoms with Crippen LogP contribution >= 0.6 is 0 Å². The van der Waals surface area contributed by atoms with Crippen LogP contribution in [0.15, 0.2) is 23.3 Å². The summed E-state index contributed by atoms with van der Waals surface area (Å²) in [5.74, 6) is 0. The topological polar surface area (TPSA) is 18.5 Å². The van der Waals surface area contributed by atoms with Gasteiger partial charge in [-0.3, -0.25) is 0 Å². The first kappa shape index (κ1) is 17.4. The van der Waals surface area contributed by atoms with Gasteiger partial charge in [-0.25, -0.2) is 9.78 Å². The van der Waals surface area contributed by atoms with E-state index in [0.717, 1.165) is 0 Å². The van der Waals surface area contributed by atoms with Crippen molar-refractivity contribution < 1.29 is 9.78 Å². The standard InChI is InChI=1S/C16H30O2/c1-13(15(3,4)5)9-11-17-18-12-10-14(2)16(6,7)8/h9-10H,11-12H2,1-8H3. The fourth-order valence-corrected chi connectivity index (χ4v) is 1.03. The molecule has 0 bridgehead atoms. The Morgan fingerprint density at radius 2 is 1.00 bits per heavy atom. The Morgan fingerprint density at radius 1 is 0.722 bits per heavy atom. The van der Waals surface area contributed by atoms with Crippen molar-refractivity contribution in [2.45, 2.75) is 55.4 Å². The highest BCUT2D eigenvalue weighted by molar-refractivity contribution is 5.08. The SMILES string of the molecule is CC(=CCOOCC=C(C)C(C)(C)C)C(C)(C)C. The smallest absolute Gasteiger partial charge is 0.101 e. The van der Waals surface area contributed by atoms with Crippen LogP contribution < -0.4 is 0 Å². The molecule has 0 heterocycles. The third-order valence-electron chi connectivity index (χ3n) is 3.36. The van der Waals surface area contributed by atoms with Crippen molar-refractivity contribution in [3.05, 3.63) is 23.3 Å². The second-order valence-electron chi connectivity index (χ2n) is 6.84. The van der Waals surface area contributed by atoms with E-state index in [1.165, 1.54) is 11.1 Å². The van der Waals surface area contributed by atoms with Crippen LogP contribution in [-0.2, 0) is 9.78 Å². The average molecular weight is 254 g/mol. The van der Waals surface area contributed by atoms with Crippen molar-refractivity contribution in [2.75, 3.05) is 13.2 Å². The zero-order chi connectivity index (χ0) is 14.4. The van der Waals surface area contributed by atoms with E-state index < -0.39 is 0 Å². The fraction of sp³-hybridized carbons (Fsp3) is 0.750. The summed E-state index contributed by atoms with van der Waals surface area (Å²) in [5, 5.41) is 0. The van der Waals surface area contributed by atoms with Gasteiger partial charge in [-0.15, -0.1) is 0 Å². The Kier molecular flexibility index (Phi) is 6.87. The highest BCUT2D eigenvalue weighted by atomic mass is 17.2. The first-order chi connectivity index (χ1) is 8.05. The zero-order valence-corrected chi connectivity index (χ0v) is 13.4. The molecule has 0 aliphatic carbocycles. The minimum atomic E-state index is 0.200. The Hall–Kier alpha value is -0.600. The monoisotopic (exact) mass is 254 g/mol. The Morgan fingerprint density at radius 3 is 1.22 bits per heavy atom. The predicted molar refractivity (Wildman–Crippen MR) is 78.3 cm³/mol. The Balaban J connectivity index is 3.90. The maximum Gasteiger partial charge on any atom is 0.101 e. The molecule has 18 heavy (non-hydrogen) atoms. The molecule has 0 spiro atoms.